The maximum Gasteiger partial charge on any atom is 0.133 e. The Bertz CT molecular complexity index is 286. The van der Waals surface area contributed by atoms with Gasteiger partial charge in [0, 0.05) is 25.9 Å². The summed E-state index contributed by atoms with van der Waals surface area (Å²) in [5.41, 5.74) is 0.174. The van der Waals surface area contributed by atoms with Crippen LogP contribution in [0.4, 0.5) is 0 Å². The molecule has 1 aliphatic heterocycles. The van der Waals surface area contributed by atoms with Crippen LogP contribution in [0.1, 0.15) is 57.8 Å². The van der Waals surface area contributed by atoms with Gasteiger partial charge in [0.05, 0.1) is 17.8 Å². The highest BCUT2D eigenvalue weighted by molar-refractivity contribution is 5.79. The van der Waals surface area contributed by atoms with Gasteiger partial charge in [-0.1, -0.05) is 0 Å². The highest BCUT2D eigenvalue weighted by atomic mass is 16.5. The highest BCUT2D eigenvalue weighted by Gasteiger charge is 2.43. The van der Waals surface area contributed by atoms with E-state index in [0.717, 1.165) is 45.1 Å². The summed E-state index contributed by atoms with van der Waals surface area (Å²) in [5.74, 6) is 0.410. The molecule has 0 aromatic rings. The minimum Gasteiger partial charge on any atom is -0.375 e. The van der Waals surface area contributed by atoms with Gasteiger partial charge in [0.15, 0.2) is 0 Å². The van der Waals surface area contributed by atoms with Crippen LogP contribution in [0.25, 0.3) is 0 Å². The Labute approximate surface area is 103 Å². The van der Waals surface area contributed by atoms with E-state index in [9.17, 15) is 4.79 Å². The first-order valence-corrected chi connectivity index (χ1v) is 7.07. The largest absolute Gasteiger partial charge is 0.375 e. The van der Waals surface area contributed by atoms with E-state index in [1.165, 1.54) is 19.3 Å². The summed E-state index contributed by atoms with van der Waals surface area (Å²) in [4.78, 5) is 11.2. The molecule has 0 N–H and O–H groups in total. The van der Waals surface area contributed by atoms with E-state index in [4.69, 9.17) is 9.47 Å². The summed E-state index contributed by atoms with van der Waals surface area (Å²) < 4.78 is 12.1. The second kappa shape index (κ2) is 4.69. The molecule has 3 fully saturated rings. The van der Waals surface area contributed by atoms with Crippen molar-refractivity contribution in [2.24, 2.45) is 0 Å². The second-order valence-electron chi connectivity index (χ2n) is 5.87. The first kappa shape index (κ1) is 11.7. The van der Waals surface area contributed by atoms with Crippen LogP contribution in [-0.2, 0) is 14.3 Å². The Balaban J connectivity index is 1.49. The van der Waals surface area contributed by atoms with Crippen molar-refractivity contribution >= 4 is 5.78 Å². The average molecular weight is 238 g/mol. The molecular formula is C14H22O3. The molecule has 3 rings (SSSR count). The number of ketones is 1. The minimum absolute atomic E-state index is 0.174. The lowest BCUT2D eigenvalue weighted by Crippen LogP contribution is -2.48. The number of Topliss-reactive ketones (excluding diaryl/α,β-unsaturated/α-hetero) is 1. The predicted molar refractivity (Wildman–Crippen MR) is 63.9 cm³/mol. The van der Waals surface area contributed by atoms with Crippen molar-refractivity contribution in [3.05, 3.63) is 0 Å². The van der Waals surface area contributed by atoms with E-state index in [1.807, 2.05) is 0 Å². The molecule has 1 atom stereocenters. The van der Waals surface area contributed by atoms with Crippen LogP contribution in [0.3, 0.4) is 0 Å². The Morgan fingerprint density at radius 3 is 2.53 bits per heavy atom. The molecule has 3 aliphatic rings. The van der Waals surface area contributed by atoms with Crippen molar-refractivity contribution in [2.45, 2.75) is 75.6 Å². The molecule has 0 aromatic carbocycles. The third-order valence-electron chi connectivity index (χ3n) is 4.59. The molecule has 3 heteroatoms. The number of ether oxygens (including phenoxy) is 2. The molecule has 0 aromatic heterocycles. The highest BCUT2D eigenvalue weighted by Crippen LogP contribution is 2.43. The SMILES string of the molecule is O=C1CCC(OC2CCOC3(CCC3)C2)CC1. The topological polar surface area (TPSA) is 35.5 Å². The third-order valence-corrected chi connectivity index (χ3v) is 4.59. The second-order valence-corrected chi connectivity index (χ2v) is 5.87. The first-order chi connectivity index (χ1) is 8.26. The van der Waals surface area contributed by atoms with Gasteiger partial charge in [0.2, 0.25) is 0 Å². The van der Waals surface area contributed by atoms with E-state index in [1.54, 1.807) is 0 Å². The molecule has 0 radical (unpaired) electrons. The molecule has 3 nitrogen and oxygen atoms in total. The molecule has 1 spiro atoms. The number of carbonyl (C=O) groups excluding carboxylic acids is 1. The number of carbonyl (C=O) groups is 1. The summed E-state index contributed by atoms with van der Waals surface area (Å²) in [5, 5.41) is 0. The quantitative estimate of drug-likeness (QED) is 0.742. The molecular weight excluding hydrogens is 216 g/mol. The summed E-state index contributed by atoms with van der Waals surface area (Å²) >= 11 is 0. The lowest BCUT2D eigenvalue weighted by molar-refractivity contribution is -0.181. The molecule has 1 heterocycles. The van der Waals surface area contributed by atoms with Crippen LogP contribution in [0.2, 0.25) is 0 Å². The smallest absolute Gasteiger partial charge is 0.133 e. The van der Waals surface area contributed by atoms with Crippen molar-refractivity contribution in [3.63, 3.8) is 0 Å². The number of hydrogen-bond donors (Lipinski definition) is 0. The van der Waals surface area contributed by atoms with Gasteiger partial charge in [-0.25, -0.2) is 0 Å². The van der Waals surface area contributed by atoms with Crippen LogP contribution in [0.15, 0.2) is 0 Å². The van der Waals surface area contributed by atoms with Gasteiger partial charge in [-0.3, -0.25) is 4.79 Å². The van der Waals surface area contributed by atoms with Gasteiger partial charge in [-0.2, -0.15) is 0 Å². The zero-order valence-electron chi connectivity index (χ0n) is 10.5. The maximum atomic E-state index is 11.2. The molecule has 1 unspecified atom stereocenters. The van der Waals surface area contributed by atoms with Gasteiger partial charge in [0.1, 0.15) is 5.78 Å². The third kappa shape index (κ3) is 2.55. The van der Waals surface area contributed by atoms with Crippen molar-refractivity contribution in [1.82, 2.24) is 0 Å². The van der Waals surface area contributed by atoms with Crippen molar-refractivity contribution in [1.29, 1.82) is 0 Å². The van der Waals surface area contributed by atoms with Crippen LogP contribution in [0, 0.1) is 0 Å². The molecule has 17 heavy (non-hydrogen) atoms. The summed E-state index contributed by atoms with van der Waals surface area (Å²) in [6.45, 7) is 0.857. The lowest BCUT2D eigenvalue weighted by atomic mass is 9.74. The molecule has 2 aliphatic carbocycles. The molecule has 1 saturated heterocycles. The normalized spacial score (nSPS) is 33.6. The van der Waals surface area contributed by atoms with Crippen molar-refractivity contribution in [3.8, 4) is 0 Å². The Morgan fingerprint density at radius 2 is 1.88 bits per heavy atom. The summed E-state index contributed by atoms with van der Waals surface area (Å²) in [7, 11) is 0. The van der Waals surface area contributed by atoms with Crippen LogP contribution in [-0.4, -0.2) is 30.2 Å². The van der Waals surface area contributed by atoms with E-state index < -0.39 is 0 Å². The van der Waals surface area contributed by atoms with Gasteiger partial charge >= 0.3 is 0 Å². The van der Waals surface area contributed by atoms with E-state index in [-0.39, 0.29) is 5.60 Å². The zero-order chi connectivity index (χ0) is 11.7. The Morgan fingerprint density at radius 1 is 1.12 bits per heavy atom. The monoisotopic (exact) mass is 238 g/mol. The predicted octanol–water partition coefficient (Wildman–Crippen LogP) is 2.62. The first-order valence-electron chi connectivity index (χ1n) is 7.07. The summed E-state index contributed by atoms with van der Waals surface area (Å²) in [6, 6.07) is 0. The molecule has 0 amide bonds. The minimum atomic E-state index is 0.174. The van der Waals surface area contributed by atoms with Crippen LogP contribution >= 0.6 is 0 Å². The van der Waals surface area contributed by atoms with Gasteiger partial charge in [-0.15, -0.1) is 0 Å². The van der Waals surface area contributed by atoms with E-state index in [0.29, 0.717) is 18.0 Å². The van der Waals surface area contributed by atoms with Gasteiger partial charge in [0.25, 0.3) is 0 Å². The van der Waals surface area contributed by atoms with Gasteiger partial charge in [-0.05, 0) is 38.5 Å². The lowest BCUT2D eigenvalue weighted by Gasteiger charge is -2.47. The summed E-state index contributed by atoms with van der Waals surface area (Å²) in [6.07, 6.45) is 9.88. The average Bonchev–Trinajstić information content (AvgIpc) is 2.31. The molecule has 96 valence electrons. The number of hydrogen-bond acceptors (Lipinski definition) is 3. The fourth-order valence-electron chi connectivity index (χ4n) is 3.34. The number of rotatable bonds is 2. The fraction of sp³-hybridized carbons (Fsp3) is 0.929. The standard InChI is InChI=1S/C14H22O3/c15-11-2-4-12(5-3-11)17-13-6-9-16-14(10-13)7-1-8-14/h12-13H,1-10H2. The van der Waals surface area contributed by atoms with Gasteiger partial charge < -0.3 is 9.47 Å². The van der Waals surface area contributed by atoms with Crippen molar-refractivity contribution < 1.29 is 14.3 Å². The molecule has 0 bridgehead atoms. The van der Waals surface area contributed by atoms with Crippen LogP contribution in [0.5, 0.6) is 0 Å². The maximum absolute atomic E-state index is 11.2. The van der Waals surface area contributed by atoms with Crippen LogP contribution < -0.4 is 0 Å². The zero-order valence-corrected chi connectivity index (χ0v) is 10.5. The van der Waals surface area contributed by atoms with E-state index >= 15 is 0 Å². The van der Waals surface area contributed by atoms with Crippen molar-refractivity contribution in [2.75, 3.05) is 6.61 Å². The fourth-order valence-corrected chi connectivity index (χ4v) is 3.34. The Kier molecular flexibility index (Phi) is 3.22. The van der Waals surface area contributed by atoms with E-state index in [2.05, 4.69) is 0 Å². The molecule has 2 saturated carbocycles. The Hall–Kier alpha value is -0.410.